The van der Waals surface area contributed by atoms with Crippen LogP contribution in [0.3, 0.4) is 0 Å². The maximum Gasteiger partial charge on any atom is 0.229 e. The van der Waals surface area contributed by atoms with Gasteiger partial charge in [-0.1, -0.05) is 37.6 Å². The van der Waals surface area contributed by atoms with Gasteiger partial charge in [-0.2, -0.15) is 0 Å². The number of hydrogen-bond acceptors (Lipinski definition) is 1. The molecule has 0 fully saturated rings. The van der Waals surface area contributed by atoms with E-state index in [9.17, 15) is 0 Å². The lowest BCUT2D eigenvalue weighted by Gasteiger charge is -2.08. The van der Waals surface area contributed by atoms with Crippen LogP contribution >= 0.6 is 0 Å². The fourth-order valence-electron chi connectivity index (χ4n) is 3.65. The van der Waals surface area contributed by atoms with Crippen LogP contribution in [0.4, 0.5) is 5.69 Å². The normalized spacial score (nSPS) is 12.9. The Balaban J connectivity index is 2.10. The molecule has 0 unspecified atom stereocenters. The first-order chi connectivity index (χ1) is 13.6. The SMILES string of the molecule is [2H]c1c(C([2H])(C)C)ccc(-c2c(C)ccc3c2oc2c([N+]#[C-])cc(C)cc23)[n+]1C. The molecule has 0 N–H and O–H groups in total. The number of furan rings is 1. The van der Waals surface area contributed by atoms with E-state index in [0.29, 0.717) is 23.0 Å². The van der Waals surface area contributed by atoms with Crippen LogP contribution in [0.1, 0.15) is 39.2 Å². The maximum atomic E-state index is 8.59. The third kappa shape index (κ3) is 2.69. The van der Waals surface area contributed by atoms with E-state index >= 15 is 0 Å². The molecule has 0 aliphatic heterocycles. The molecule has 2 aromatic heterocycles. The van der Waals surface area contributed by atoms with E-state index in [-0.39, 0.29) is 0 Å². The van der Waals surface area contributed by atoms with E-state index in [1.807, 2.05) is 49.7 Å². The molecule has 0 aliphatic carbocycles. The third-order valence-corrected chi connectivity index (χ3v) is 5.05. The molecule has 0 amide bonds. The first kappa shape index (κ1) is 15.0. The van der Waals surface area contributed by atoms with Crippen molar-refractivity contribution in [2.24, 2.45) is 7.05 Å². The number of hydrogen-bond donors (Lipinski definition) is 0. The fraction of sp³-hybridized carbons (Fsp3) is 0.250. The van der Waals surface area contributed by atoms with Gasteiger partial charge >= 0.3 is 0 Å². The number of aryl methyl sites for hydroxylation is 2. The zero-order valence-electron chi connectivity index (χ0n) is 18.3. The van der Waals surface area contributed by atoms with Gasteiger partial charge in [-0.3, -0.25) is 0 Å². The van der Waals surface area contributed by atoms with E-state index in [0.717, 1.165) is 38.7 Å². The second-order valence-electron chi connectivity index (χ2n) is 7.31. The predicted molar refractivity (Wildman–Crippen MR) is 110 cm³/mol. The highest BCUT2D eigenvalue weighted by atomic mass is 16.3. The van der Waals surface area contributed by atoms with Crippen molar-refractivity contribution < 1.29 is 11.7 Å². The molecule has 2 aromatic carbocycles. The van der Waals surface area contributed by atoms with Gasteiger partial charge in [0.1, 0.15) is 19.6 Å². The minimum Gasteiger partial charge on any atom is -0.466 e. The summed E-state index contributed by atoms with van der Waals surface area (Å²) in [6.45, 7) is 15.1. The number of nitrogens with zero attached hydrogens (tertiary/aromatic N) is 2. The molecule has 0 saturated heterocycles. The van der Waals surface area contributed by atoms with Crippen molar-refractivity contribution in [3.8, 4) is 11.3 Å². The molecule has 0 radical (unpaired) electrons. The summed E-state index contributed by atoms with van der Waals surface area (Å²) >= 11 is 0. The van der Waals surface area contributed by atoms with Crippen molar-refractivity contribution in [2.45, 2.75) is 33.6 Å². The standard InChI is InChI=1S/C24H23N2O/c1-14(2)17-8-10-21(26(6)13-17)22-16(4)7-9-18-19-11-15(3)12-20(25-5)23(19)27-24(18)22/h7-14H,1-4,6H3/q+1/i13D,14D. The van der Waals surface area contributed by atoms with Crippen LogP contribution < -0.4 is 4.57 Å². The summed E-state index contributed by atoms with van der Waals surface area (Å²) in [5.74, 6) is -0.851. The molecule has 3 nitrogen and oxygen atoms in total. The van der Waals surface area contributed by atoms with Gasteiger partial charge in [0.25, 0.3) is 0 Å². The molecule has 4 rings (SSSR count). The Bertz CT molecular complexity index is 1340. The van der Waals surface area contributed by atoms with Crippen molar-refractivity contribution in [3.05, 3.63) is 70.7 Å². The molecule has 4 aromatic rings. The highest BCUT2D eigenvalue weighted by Crippen LogP contribution is 2.40. The minimum atomic E-state index is -0.851. The monoisotopic (exact) mass is 357 g/mol. The van der Waals surface area contributed by atoms with E-state index in [4.69, 9.17) is 13.7 Å². The first-order valence-corrected chi connectivity index (χ1v) is 8.98. The van der Waals surface area contributed by atoms with Crippen LogP contribution in [-0.4, -0.2) is 0 Å². The van der Waals surface area contributed by atoms with Crippen molar-refractivity contribution in [3.63, 3.8) is 0 Å². The number of benzene rings is 2. The Morgan fingerprint density at radius 1 is 1.11 bits per heavy atom. The lowest BCUT2D eigenvalue weighted by Crippen LogP contribution is -2.31. The summed E-state index contributed by atoms with van der Waals surface area (Å²) in [6, 6.07) is 11.8. The summed E-state index contributed by atoms with van der Waals surface area (Å²) in [6.07, 6.45) is 0.313. The highest BCUT2D eigenvalue weighted by Gasteiger charge is 2.22. The molecule has 0 atom stereocenters. The van der Waals surface area contributed by atoms with E-state index in [2.05, 4.69) is 17.0 Å². The predicted octanol–water partition coefficient (Wildman–Crippen LogP) is 6.37. The summed E-state index contributed by atoms with van der Waals surface area (Å²) in [5.41, 5.74) is 6.33. The molecular formula is C24H23N2O+. The average molecular weight is 357 g/mol. The maximum absolute atomic E-state index is 8.59. The van der Waals surface area contributed by atoms with Gasteiger partial charge in [0.15, 0.2) is 6.17 Å². The number of fused-ring (bicyclic) bond motifs is 3. The second kappa shape index (κ2) is 6.25. The van der Waals surface area contributed by atoms with Gasteiger partial charge < -0.3 is 4.42 Å². The van der Waals surface area contributed by atoms with Gasteiger partial charge in [0.05, 0.1) is 12.1 Å². The van der Waals surface area contributed by atoms with E-state index < -0.39 is 5.89 Å². The van der Waals surface area contributed by atoms with Crippen LogP contribution in [-0.2, 0) is 7.05 Å². The van der Waals surface area contributed by atoms with Gasteiger partial charge in [0, 0.05) is 23.8 Å². The summed E-state index contributed by atoms with van der Waals surface area (Å²) in [4.78, 5) is 3.65. The van der Waals surface area contributed by atoms with Crippen LogP contribution in [0.25, 0.3) is 38.0 Å². The summed E-state index contributed by atoms with van der Waals surface area (Å²) in [5, 5.41) is 1.90. The lowest BCUT2D eigenvalue weighted by molar-refractivity contribution is -0.660. The Labute approximate surface area is 162 Å². The van der Waals surface area contributed by atoms with Gasteiger partial charge in [-0.15, -0.1) is 0 Å². The molecule has 134 valence electrons. The minimum absolute atomic E-state index is 0.313. The molecule has 0 spiro atoms. The van der Waals surface area contributed by atoms with E-state index in [1.54, 1.807) is 13.8 Å². The lowest BCUT2D eigenvalue weighted by atomic mass is 9.98. The molecule has 0 aliphatic rings. The van der Waals surface area contributed by atoms with E-state index in [1.165, 1.54) is 0 Å². The first-order valence-electron chi connectivity index (χ1n) is 9.98. The summed E-state index contributed by atoms with van der Waals surface area (Å²) in [7, 11) is 1.85. The Morgan fingerprint density at radius 2 is 1.89 bits per heavy atom. The van der Waals surface area contributed by atoms with Crippen molar-refractivity contribution in [1.82, 2.24) is 0 Å². The van der Waals surface area contributed by atoms with Crippen LogP contribution in [0.15, 0.2) is 47.0 Å². The van der Waals surface area contributed by atoms with Gasteiger partial charge in [0.2, 0.25) is 11.4 Å². The largest absolute Gasteiger partial charge is 0.466 e. The Kier molecular flexibility index (Phi) is 3.47. The van der Waals surface area contributed by atoms with Crippen LogP contribution in [0, 0.1) is 20.4 Å². The zero-order valence-corrected chi connectivity index (χ0v) is 16.3. The third-order valence-electron chi connectivity index (χ3n) is 5.05. The zero-order chi connectivity index (χ0) is 21.1. The molecular weight excluding hydrogens is 332 g/mol. The molecule has 3 heteroatoms. The molecule has 27 heavy (non-hydrogen) atoms. The fourth-order valence-corrected chi connectivity index (χ4v) is 3.65. The number of rotatable bonds is 2. The second-order valence-corrected chi connectivity index (χ2v) is 7.31. The van der Waals surface area contributed by atoms with Gasteiger partial charge in [-0.05, 0) is 37.4 Å². The molecule has 2 heterocycles. The average Bonchev–Trinajstić information content (AvgIpc) is 3.01. The topological polar surface area (TPSA) is 21.4 Å². The molecule has 0 bridgehead atoms. The molecule has 0 saturated carbocycles. The Morgan fingerprint density at radius 3 is 2.59 bits per heavy atom. The smallest absolute Gasteiger partial charge is 0.229 e. The van der Waals surface area contributed by atoms with Crippen LogP contribution in [0.5, 0.6) is 0 Å². The van der Waals surface area contributed by atoms with Crippen LogP contribution in [0.2, 0.25) is 0 Å². The number of aromatic nitrogens is 1. The Hall–Kier alpha value is -3.12. The summed E-state index contributed by atoms with van der Waals surface area (Å²) < 4.78 is 25.0. The van der Waals surface area contributed by atoms with Gasteiger partial charge in [-0.25, -0.2) is 9.41 Å². The highest BCUT2D eigenvalue weighted by molar-refractivity contribution is 6.13. The van der Waals surface area contributed by atoms with Crippen molar-refractivity contribution >= 4 is 27.6 Å². The number of pyridine rings is 1. The van der Waals surface area contributed by atoms with Crippen molar-refractivity contribution in [1.29, 1.82) is 0 Å². The van der Waals surface area contributed by atoms with Crippen molar-refractivity contribution in [2.75, 3.05) is 0 Å². The quantitative estimate of drug-likeness (QED) is 0.302.